The van der Waals surface area contributed by atoms with E-state index in [4.69, 9.17) is 21.4 Å². The number of amides is 4. The Morgan fingerprint density at radius 1 is 1.00 bits per heavy atom. The third kappa shape index (κ3) is 10.0. The first-order valence-electron chi connectivity index (χ1n) is 21.7. The van der Waals surface area contributed by atoms with Gasteiger partial charge in [-0.1, -0.05) is 48.0 Å². The van der Waals surface area contributed by atoms with E-state index in [-0.39, 0.29) is 65.0 Å². The molecule has 0 spiro atoms. The van der Waals surface area contributed by atoms with E-state index in [1.54, 1.807) is 61.6 Å². The van der Waals surface area contributed by atoms with Gasteiger partial charge >= 0.3 is 18.0 Å². The maximum absolute atomic E-state index is 15.9. The van der Waals surface area contributed by atoms with Gasteiger partial charge in [-0.2, -0.15) is 9.40 Å². The van der Waals surface area contributed by atoms with Crippen LogP contribution in [0.4, 0.5) is 25.0 Å². The molecule has 68 heavy (non-hydrogen) atoms. The number of nitrogens with zero attached hydrogens (tertiary/aromatic N) is 4. The number of likely N-dealkylation sites (tertiary alicyclic amines) is 1. The quantitative estimate of drug-likeness (QED) is 0.0724. The number of carbonyl (C=O) groups excluding carboxylic acids is 3. The predicted octanol–water partition coefficient (Wildman–Crippen LogP) is 7.48. The van der Waals surface area contributed by atoms with Crippen LogP contribution in [0.3, 0.4) is 0 Å². The fraction of sp³-hybridized carbons (Fsp3) is 0.391. The molecule has 4 amide bonds. The number of aromatic nitrogens is 2. The number of carbonyl (C=O) groups is 5. The smallest absolute Gasteiger partial charge is 0.349 e. The number of aromatic carboxylic acids is 1. The summed E-state index contributed by atoms with van der Waals surface area (Å²) in [7, 11) is -2.24. The number of rotatable bonds is 13. The Hall–Kier alpha value is -6.16. The minimum Gasteiger partial charge on any atom is -0.479 e. The Balaban J connectivity index is 0.876. The third-order valence-electron chi connectivity index (χ3n) is 12.6. The number of piperidine rings is 3. The molecule has 22 heteroatoms. The van der Waals surface area contributed by atoms with E-state index in [1.807, 2.05) is 19.9 Å². The lowest BCUT2D eigenvalue weighted by Crippen LogP contribution is -2.55. The number of carboxylic acid groups (broad SMARTS) is 2. The zero-order valence-corrected chi connectivity index (χ0v) is 39.4. The van der Waals surface area contributed by atoms with Gasteiger partial charge in [0.1, 0.15) is 5.02 Å². The number of sulfonamides is 1. The lowest BCUT2D eigenvalue weighted by atomic mass is 9.85. The highest BCUT2D eigenvalue weighted by Crippen LogP contribution is 2.47. The van der Waals surface area contributed by atoms with Crippen molar-refractivity contribution in [1.82, 2.24) is 24.3 Å². The SMILES string of the molecule is Cn1nc(C2CCC(=O)NC2=O)c2ccc(C3CCN(C(=O)Nc4cccc(CS(=O)(=O)N5CC[C@H](Nc6cccc(-c7sc(C(=O)O)c(OCC(=O)O)c7Cl)c6)CC5(C)C)c4)CC3(F)F)cc21. The molecule has 0 saturated carbocycles. The summed E-state index contributed by atoms with van der Waals surface area (Å²) in [5, 5.41) is 32.3. The summed E-state index contributed by atoms with van der Waals surface area (Å²) in [4.78, 5) is 61.9. The molecule has 8 rings (SSSR count). The topological polar surface area (TPSA) is 230 Å². The van der Waals surface area contributed by atoms with Gasteiger partial charge in [-0.05, 0) is 86.6 Å². The van der Waals surface area contributed by atoms with Crippen LogP contribution in [0, 0.1) is 0 Å². The number of alkyl halides is 2. The summed E-state index contributed by atoms with van der Waals surface area (Å²) in [5.74, 6) is -9.15. The summed E-state index contributed by atoms with van der Waals surface area (Å²) in [5.41, 5.74) is 2.46. The van der Waals surface area contributed by atoms with Gasteiger partial charge in [0, 0.05) is 54.9 Å². The number of carboxylic acids is 2. The molecule has 17 nitrogen and oxygen atoms in total. The molecular formula is C46H48ClF2N7O10S2. The van der Waals surface area contributed by atoms with Crippen molar-refractivity contribution in [1.29, 1.82) is 0 Å². The van der Waals surface area contributed by atoms with E-state index in [0.717, 1.165) is 16.2 Å². The van der Waals surface area contributed by atoms with Crippen molar-refractivity contribution in [3.8, 4) is 16.2 Å². The van der Waals surface area contributed by atoms with E-state index < -0.39 is 70.3 Å². The molecule has 2 unspecified atom stereocenters. The molecule has 3 saturated heterocycles. The fourth-order valence-corrected chi connectivity index (χ4v) is 12.8. The van der Waals surface area contributed by atoms with Crippen molar-refractivity contribution < 1.29 is 56.1 Å². The molecule has 3 aliphatic heterocycles. The number of anilines is 2. The van der Waals surface area contributed by atoms with E-state index in [2.05, 4.69) is 21.0 Å². The van der Waals surface area contributed by atoms with Gasteiger partial charge in [0.25, 0.3) is 5.92 Å². The van der Waals surface area contributed by atoms with E-state index >= 15 is 8.78 Å². The number of aryl methyl sites for hydroxylation is 1. The predicted molar refractivity (Wildman–Crippen MR) is 250 cm³/mol. The highest BCUT2D eigenvalue weighted by atomic mass is 35.5. The molecule has 5 heterocycles. The van der Waals surface area contributed by atoms with Gasteiger partial charge in [-0.3, -0.25) is 19.6 Å². The van der Waals surface area contributed by atoms with Crippen LogP contribution in [0.5, 0.6) is 5.75 Å². The molecule has 3 aromatic carbocycles. The van der Waals surface area contributed by atoms with Crippen molar-refractivity contribution in [2.45, 2.75) is 81.0 Å². The number of aliphatic carboxylic acids is 1. The first kappa shape index (κ1) is 48.3. The number of urea groups is 1. The van der Waals surface area contributed by atoms with Gasteiger partial charge in [-0.25, -0.2) is 31.6 Å². The molecular weight excluding hydrogens is 948 g/mol. The first-order valence-corrected chi connectivity index (χ1v) is 24.5. The molecule has 3 atom stereocenters. The third-order valence-corrected chi connectivity index (χ3v) is 16.3. The normalized spacial score (nSPS) is 20.7. The number of hydrogen-bond acceptors (Lipinski definition) is 11. The number of ether oxygens (including phenoxy) is 1. The molecule has 3 aliphatic rings. The van der Waals surface area contributed by atoms with Crippen LogP contribution >= 0.6 is 22.9 Å². The van der Waals surface area contributed by atoms with Crippen LogP contribution in [-0.2, 0) is 37.2 Å². The molecule has 3 fully saturated rings. The lowest BCUT2D eigenvalue weighted by Gasteiger charge is -2.45. The van der Waals surface area contributed by atoms with E-state index in [1.165, 1.54) is 15.1 Å². The van der Waals surface area contributed by atoms with Gasteiger partial charge < -0.3 is 30.5 Å². The van der Waals surface area contributed by atoms with Crippen LogP contribution in [0.25, 0.3) is 21.3 Å². The molecule has 5 N–H and O–H groups in total. The van der Waals surface area contributed by atoms with Crippen LogP contribution < -0.4 is 20.7 Å². The first-order chi connectivity index (χ1) is 32.1. The Morgan fingerprint density at radius 2 is 1.75 bits per heavy atom. The number of benzene rings is 3. The molecule has 5 aromatic rings. The minimum absolute atomic E-state index is 0.0257. The van der Waals surface area contributed by atoms with Gasteiger partial charge in [0.05, 0.1) is 40.2 Å². The maximum Gasteiger partial charge on any atom is 0.349 e. The summed E-state index contributed by atoms with van der Waals surface area (Å²) in [6.45, 7) is 2.26. The van der Waals surface area contributed by atoms with Gasteiger partial charge in [0.15, 0.2) is 17.2 Å². The molecule has 0 radical (unpaired) electrons. The zero-order chi connectivity index (χ0) is 48.9. The second-order valence-corrected chi connectivity index (χ2v) is 21.2. The summed E-state index contributed by atoms with van der Waals surface area (Å²) in [6.07, 6.45) is 1.31. The van der Waals surface area contributed by atoms with E-state index in [9.17, 15) is 37.5 Å². The lowest BCUT2D eigenvalue weighted by molar-refractivity contribution is -0.139. The monoisotopic (exact) mass is 995 g/mol. The average molecular weight is 997 g/mol. The molecule has 360 valence electrons. The maximum atomic E-state index is 15.9. The number of halogens is 3. The van der Waals surface area contributed by atoms with Gasteiger partial charge in [0.2, 0.25) is 21.8 Å². The number of imide groups is 1. The highest BCUT2D eigenvalue weighted by molar-refractivity contribution is 7.88. The summed E-state index contributed by atoms with van der Waals surface area (Å²) in [6, 6.07) is 17.4. The molecule has 0 aliphatic carbocycles. The van der Waals surface area contributed by atoms with Crippen LogP contribution in [0.1, 0.15) is 84.3 Å². The van der Waals surface area contributed by atoms with Crippen molar-refractivity contribution in [2.24, 2.45) is 7.05 Å². The largest absolute Gasteiger partial charge is 0.479 e. The molecule has 0 bridgehead atoms. The van der Waals surface area contributed by atoms with Crippen molar-refractivity contribution in [3.63, 3.8) is 0 Å². The second kappa shape index (κ2) is 18.7. The summed E-state index contributed by atoms with van der Waals surface area (Å²) < 4.78 is 68.1. The Kier molecular flexibility index (Phi) is 13.3. The standard InChI is InChI=1S/C46H48ClF2N7O10S2/c1-45(2)21-30(50-29-9-5-7-27(19-29)40-37(47)39(66-22-36(58)59)41(67-40)43(61)62)14-17-56(45)68(64,65)23-25-6-4-8-28(18-25)51-44(63)55-16-15-33(46(48,49)24-55)26-10-11-31-34(20-26)54(3)53-38(31)32-12-13-35(57)52-42(32)60/h4-11,18-20,30,32-33,50H,12-17,21-24H2,1-3H3,(H,51,63)(H,58,59)(H,61,62)(H,52,57,60)/t30-,32?,33?/m0/s1. The summed E-state index contributed by atoms with van der Waals surface area (Å²) >= 11 is 7.36. The number of thiophene rings is 1. The van der Waals surface area contributed by atoms with Crippen LogP contribution in [0.15, 0.2) is 66.7 Å². The average Bonchev–Trinajstić information content (AvgIpc) is 3.77. The van der Waals surface area contributed by atoms with E-state index in [0.29, 0.717) is 63.1 Å². The van der Waals surface area contributed by atoms with Crippen molar-refractivity contribution in [2.75, 3.05) is 36.9 Å². The molecule has 2 aromatic heterocycles. The number of fused-ring (bicyclic) bond motifs is 1. The zero-order valence-electron chi connectivity index (χ0n) is 37.1. The minimum atomic E-state index is -3.91. The van der Waals surface area contributed by atoms with Crippen molar-refractivity contribution in [3.05, 3.63) is 93.5 Å². The van der Waals surface area contributed by atoms with Crippen LogP contribution in [0.2, 0.25) is 5.02 Å². The fourth-order valence-electron chi connectivity index (χ4n) is 9.48. The van der Waals surface area contributed by atoms with Crippen molar-refractivity contribution >= 4 is 85.0 Å². The van der Waals surface area contributed by atoms with Gasteiger partial charge in [-0.15, -0.1) is 11.3 Å². The second-order valence-electron chi connectivity index (χ2n) is 17.9. The Labute approximate surface area is 398 Å². The highest BCUT2D eigenvalue weighted by Gasteiger charge is 2.47. The van der Waals surface area contributed by atoms with Crippen LogP contribution in [-0.4, -0.2) is 111 Å². The Morgan fingerprint density at radius 3 is 2.46 bits per heavy atom. The number of hydrogen-bond donors (Lipinski definition) is 5. The number of nitrogens with one attached hydrogen (secondary N) is 3. The Bertz CT molecular complexity index is 2960.